The topological polar surface area (TPSA) is 111 Å². The summed E-state index contributed by atoms with van der Waals surface area (Å²) in [4.78, 5) is 37.3. The molecule has 0 bridgehead atoms. The molecule has 0 aliphatic heterocycles. The fraction of sp³-hybridized carbons (Fsp3) is 0.956. The number of hydrogen-bond donors (Lipinski definition) is 0. The van der Waals surface area contributed by atoms with Gasteiger partial charge in [0.15, 0.2) is 12.4 Å². The predicted molar refractivity (Wildman–Crippen MR) is 325 cm³/mol. The number of nitrogens with zero attached hydrogens (tertiary/aromatic N) is 1. The number of aliphatic carboxylic acids is 1. The van der Waals surface area contributed by atoms with Crippen LogP contribution in [0.1, 0.15) is 361 Å². The third-order valence-electron chi connectivity index (χ3n) is 15.9. The normalized spacial score (nSPS) is 12.6. The number of rotatable bonds is 65. The summed E-state index contributed by atoms with van der Waals surface area (Å²) in [7, 11) is 5.94. The zero-order valence-electron chi connectivity index (χ0n) is 52.4. The fourth-order valence-electron chi connectivity index (χ4n) is 10.6. The number of carbonyl (C=O) groups is 3. The van der Waals surface area contributed by atoms with Gasteiger partial charge in [-0.2, -0.15) is 0 Å². The van der Waals surface area contributed by atoms with E-state index in [2.05, 4.69) is 13.8 Å². The zero-order valence-corrected chi connectivity index (χ0v) is 52.4. The maximum absolute atomic E-state index is 12.9. The highest BCUT2D eigenvalue weighted by molar-refractivity contribution is 5.70. The van der Waals surface area contributed by atoms with E-state index in [0.717, 1.165) is 38.5 Å². The van der Waals surface area contributed by atoms with Crippen molar-refractivity contribution in [3.05, 3.63) is 0 Å². The second kappa shape index (κ2) is 60.4. The van der Waals surface area contributed by atoms with E-state index in [-0.39, 0.29) is 32.2 Å². The van der Waals surface area contributed by atoms with E-state index >= 15 is 0 Å². The van der Waals surface area contributed by atoms with Gasteiger partial charge in [-0.05, 0) is 12.8 Å². The summed E-state index contributed by atoms with van der Waals surface area (Å²) in [6, 6.07) is 0. The largest absolute Gasteiger partial charge is 0.545 e. The Bertz CT molecular complexity index is 1220. The lowest BCUT2D eigenvalue weighted by Gasteiger charge is -2.26. The molecule has 0 heterocycles. The van der Waals surface area contributed by atoms with Crippen molar-refractivity contribution in [2.45, 2.75) is 373 Å². The van der Waals surface area contributed by atoms with Crippen LogP contribution in [0.2, 0.25) is 0 Å². The molecule has 0 amide bonds. The van der Waals surface area contributed by atoms with Crippen molar-refractivity contribution >= 4 is 17.9 Å². The maximum atomic E-state index is 12.9. The Labute approximate surface area is 479 Å². The van der Waals surface area contributed by atoms with Crippen molar-refractivity contribution in [2.75, 3.05) is 47.5 Å². The lowest BCUT2D eigenvalue weighted by Crippen LogP contribution is -2.44. The van der Waals surface area contributed by atoms with Crippen LogP contribution in [0.25, 0.3) is 0 Å². The molecule has 0 aromatic carbocycles. The van der Waals surface area contributed by atoms with E-state index in [0.29, 0.717) is 17.4 Å². The highest BCUT2D eigenvalue weighted by Gasteiger charge is 2.22. The second-order valence-electron chi connectivity index (χ2n) is 24.8. The van der Waals surface area contributed by atoms with Crippen LogP contribution in [-0.2, 0) is 33.3 Å². The van der Waals surface area contributed by atoms with Gasteiger partial charge in [0.25, 0.3) is 0 Å². The number of esters is 2. The quantitative estimate of drug-likeness (QED) is 0.0256. The molecular weight excluding hydrogens is 959 g/mol. The van der Waals surface area contributed by atoms with Gasteiger partial charge in [-0.25, -0.2) is 0 Å². The third kappa shape index (κ3) is 61.8. The summed E-state index contributed by atoms with van der Waals surface area (Å²) >= 11 is 0. The molecule has 2 unspecified atom stereocenters. The van der Waals surface area contributed by atoms with Crippen molar-refractivity contribution in [3.63, 3.8) is 0 Å². The standard InChI is InChI=1S/C68H133NO8/c1-6-8-10-12-14-16-18-20-22-24-25-26-27-28-29-30-31-32-33-34-35-36-37-38-39-40-41-42-43-45-47-49-51-53-55-57-59-66(71)77-64(63-76-68(67(72)73)74-61-60-69(3,4)5)62-75-65(70)58-56-54-52-50-48-46-44-23-21-19-17-15-13-11-9-7-2/h64,68H,6-63H2,1-5H3. The smallest absolute Gasteiger partial charge is 0.306 e. The molecule has 0 aromatic heterocycles. The Balaban J connectivity index is 3.94. The lowest BCUT2D eigenvalue weighted by molar-refractivity contribution is -0.870. The molecule has 2 atom stereocenters. The summed E-state index contributed by atoms with van der Waals surface area (Å²) in [6.07, 6.45) is 67.7. The molecule has 0 fully saturated rings. The molecule has 0 spiro atoms. The minimum atomic E-state index is -1.61. The van der Waals surface area contributed by atoms with Crippen LogP contribution in [0, 0.1) is 0 Å². The number of likely N-dealkylation sites (N-methyl/N-ethyl adjacent to an activating group) is 1. The molecule has 0 radical (unpaired) electrons. The Hall–Kier alpha value is -1.71. The van der Waals surface area contributed by atoms with Gasteiger partial charge in [0.05, 0.1) is 40.3 Å². The molecule has 0 saturated heterocycles. The van der Waals surface area contributed by atoms with Crippen molar-refractivity contribution in [1.82, 2.24) is 0 Å². The summed E-state index contributed by atoms with van der Waals surface area (Å²) in [5.74, 6) is -2.25. The minimum Gasteiger partial charge on any atom is -0.545 e. The number of carboxylic acids is 1. The van der Waals surface area contributed by atoms with Crippen molar-refractivity contribution in [3.8, 4) is 0 Å². The predicted octanol–water partition coefficient (Wildman–Crippen LogP) is 19.4. The number of carbonyl (C=O) groups excluding carboxylic acids is 3. The van der Waals surface area contributed by atoms with E-state index in [4.69, 9.17) is 18.9 Å². The molecule has 9 heteroatoms. The Morgan fingerprint density at radius 2 is 0.584 bits per heavy atom. The second-order valence-corrected chi connectivity index (χ2v) is 24.8. The van der Waals surface area contributed by atoms with Crippen LogP contribution < -0.4 is 5.11 Å². The van der Waals surface area contributed by atoms with E-state index < -0.39 is 24.3 Å². The lowest BCUT2D eigenvalue weighted by atomic mass is 10.0. The number of carboxylic acid groups (broad SMARTS) is 1. The third-order valence-corrected chi connectivity index (χ3v) is 15.9. The number of ether oxygens (including phenoxy) is 4. The molecule has 0 aliphatic carbocycles. The Morgan fingerprint density at radius 1 is 0.338 bits per heavy atom. The van der Waals surface area contributed by atoms with Gasteiger partial charge in [0.1, 0.15) is 13.2 Å². The highest BCUT2D eigenvalue weighted by Crippen LogP contribution is 2.19. The minimum absolute atomic E-state index is 0.153. The Morgan fingerprint density at radius 3 is 0.831 bits per heavy atom. The van der Waals surface area contributed by atoms with Crippen LogP contribution in [0.15, 0.2) is 0 Å². The molecule has 0 N–H and O–H groups in total. The molecule has 0 rings (SSSR count). The van der Waals surface area contributed by atoms with Crippen LogP contribution in [0.3, 0.4) is 0 Å². The van der Waals surface area contributed by atoms with Gasteiger partial charge >= 0.3 is 11.9 Å². The average molecular weight is 1090 g/mol. The van der Waals surface area contributed by atoms with Crippen LogP contribution in [-0.4, -0.2) is 82.3 Å². The number of hydrogen-bond acceptors (Lipinski definition) is 8. The molecule has 0 aliphatic rings. The van der Waals surface area contributed by atoms with Crippen molar-refractivity contribution in [2.24, 2.45) is 0 Å². The first-order valence-corrected chi connectivity index (χ1v) is 34.2. The molecule has 77 heavy (non-hydrogen) atoms. The van der Waals surface area contributed by atoms with Gasteiger partial charge in [0, 0.05) is 12.8 Å². The van der Waals surface area contributed by atoms with E-state index in [1.807, 2.05) is 21.1 Å². The average Bonchev–Trinajstić information content (AvgIpc) is 3.40. The van der Waals surface area contributed by atoms with Crippen molar-refractivity contribution < 1.29 is 42.9 Å². The van der Waals surface area contributed by atoms with E-state index in [9.17, 15) is 19.5 Å². The summed E-state index contributed by atoms with van der Waals surface area (Å²) < 4.78 is 22.8. The van der Waals surface area contributed by atoms with Gasteiger partial charge < -0.3 is 33.3 Å². The summed E-state index contributed by atoms with van der Waals surface area (Å²) in [5.41, 5.74) is 0. The van der Waals surface area contributed by atoms with Gasteiger partial charge in [-0.15, -0.1) is 0 Å². The molecule has 9 nitrogen and oxygen atoms in total. The first-order valence-electron chi connectivity index (χ1n) is 34.2. The number of unbranched alkanes of at least 4 members (excludes halogenated alkanes) is 50. The maximum Gasteiger partial charge on any atom is 0.306 e. The van der Waals surface area contributed by atoms with Crippen LogP contribution >= 0.6 is 0 Å². The zero-order chi connectivity index (χ0) is 56.2. The summed E-state index contributed by atoms with van der Waals surface area (Å²) in [5, 5.41) is 11.8. The van der Waals surface area contributed by atoms with Crippen LogP contribution in [0.5, 0.6) is 0 Å². The van der Waals surface area contributed by atoms with Gasteiger partial charge in [-0.3, -0.25) is 9.59 Å². The van der Waals surface area contributed by atoms with Gasteiger partial charge in [0.2, 0.25) is 0 Å². The molecule has 0 saturated carbocycles. The number of quaternary nitrogens is 1. The fourth-order valence-corrected chi connectivity index (χ4v) is 10.6. The molecule has 458 valence electrons. The molecule has 0 aromatic rings. The summed E-state index contributed by atoms with van der Waals surface area (Å²) in [6.45, 7) is 4.83. The van der Waals surface area contributed by atoms with Gasteiger partial charge in [-0.1, -0.05) is 335 Å². The molecular formula is C68H133NO8. The van der Waals surface area contributed by atoms with Crippen molar-refractivity contribution in [1.29, 1.82) is 0 Å². The Kier molecular flexibility index (Phi) is 59.0. The first-order chi connectivity index (χ1) is 37.6. The first kappa shape index (κ1) is 75.3. The van der Waals surface area contributed by atoms with E-state index in [1.54, 1.807) is 0 Å². The highest BCUT2D eigenvalue weighted by atomic mass is 16.7. The SMILES string of the molecule is CCCCCCCCCCCCCCCCCCCCCCCCCCCCCCCCCCCCCCC(=O)OC(COC(=O)CCCCCCCCCCCCCCCCCC)COC(OCC[N+](C)(C)C)C(=O)[O-]. The van der Waals surface area contributed by atoms with E-state index in [1.165, 1.54) is 295 Å². The van der Waals surface area contributed by atoms with Crippen LogP contribution in [0.4, 0.5) is 0 Å². The monoisotopic (exact) mass is 1090 g/mol.